The fourth-order valence-electron chi connectivity index (χ4n) is 1.46. The molecule has 90 valence electrons. The van der Waals surface area contributed by atoms with Gasteiger partial charge in [0.2, 0.25) is 0 Å². The first kappa shape index (κ1) is 12.4. The van der Waals surface area contributed by atoms with Crippen molar-refractivity contribution in [1.29, 1.82) is 0 Å². The van der Waals surface area contributed by atoms with E-state index >= 15 is 0 Å². The smallest absolute Gasteiger partial charge is 0.194 e. The number of nitrogens with zero attached hydrogens (tertiary/aromatic N) is 1. The number of aryl methyl sites for hydroxylation is 1. The van der Waals surface area contributed by atoms with Crippen LogP contribution in [0.3, 0.4) is 0 Å². The Kier molecular flexibility index (Phi) is 4.02. The molecule has 17 heavy (non-hydrogen) atoms. The van der Waals surface area contributed by atoms with Gasteiger partial charge >= 0.3 is 0 Å². The summed E-state index contributed by atoms with van der Waals surface area (Å²) in [4.78, 5) is 4.07. The summed E-state index contributed by atoms with van der Waals surface area (Å²) in [7, 11) is 0. The summed E-state index contributed by atoms with van der Waals surface area (Å²) in [6.07, 6.45) is 2.92. The van der Waals surface area contributed by atoms with Crippen LogP contribution in [-0.4, -0.2) is 10.9 Å². The molecule has 0 saturated heterocycles. The van der Waals surface area contributed by atoms with Crippen LogP contribution in [0.25, 0.3) is 11.3 Å². The summed E-state index contributed by atoms with van der Waals surface area (Å²) in [5.41, 5.74) is 0.321. The van der Waals surface area contributed by atoms with Crippen molar-refractivity contribution < 1.29 is 8.81 Å². The summed E-state index contributed by atoms with van der Waals surface area (Å²) < 4.78 is 19.1. The second-order valence-corrected chi connectivity index (χ2v) is 4.30. The fourth-order valence-corrected chi connectivity index (χ4v) is 1.77. The Balaban J connectivity index is 2.27. The molecule has 1 aromatic carbocycles. The van der Waals surface area contributed by atoms with Gasteiger partial charge in [0.05, 0.1) is 16.8 Å². The molecule has 0 atom stereocenters. The van der Waals surface area contributed by atoms with Gasteiger partial charge in [0.15, 0.2) is 17.5 Å². The van der Waals surface area contributed by atoms with E-state index in [4.69, 9.17) is 27.6 Å². The molecule has 0 unspecified atom stereocenters. The van der Waals surface area contributed by atoms with E-state index in [1.165, 1.54) is 12.3 Å². The molecular weight excluding hydrogens is 264 g/mol. The number of halogens is 3. The van der Waals surface area contributed by atoms with Crippen LogP contribution < -0.4 is 0 Å². The van der Waals surface area contributed by atoms with Crippen LogP contribution in [0.1, 0.15) is 12.3 Å². The topological polar surface area (TPSA) is 26.0 Å². The van der Waals surface area contributed by atoms with Crippen molar-refractivity contribution in [2.45, 2.75) is 12.8 Å². The predicted octanol–water partition coefficient (Wildman–Crippen LogP) is 4.31. The van der Waals surface area contributed by atoms with Crippen molar-refractivity contribution in [1.82, 2.24) is 4.98 Å². The number of alkyl halides is 1. The third kappa shape index (κ3) is 2.79. The van der Waals surface area contributed by atoms with E-state index in [2.05, 4.69) is 4.98 Å². The fraction of sp³-hybridized carbons (Fsp3) is 0.250. The van der Waals surface area contributed by atoms with E-state index in [0.29, 0.717) is 29.5 Å². The van der Waals surface area contributed by atoms with Crippen LogP contribution in [0.2, 0.25) is 5.02 Å². The van der Waals surface area contributed by atoms with Crippen LogP contribution in [0.4, 0.5) is 4.39 Å². The molecule has 0 saturated carbocycles. The highest BCUT2D eigenvalue weighted by atomic mass is 35.5. The molecule has 0 amide bonds. The van der Waals surface area contributed by atoms with E-state index in [1.807, 2.05) is 0 Å². The Hall–Kier alpha value is -1.06. The molecule has 0 radical (unpaired) electrons. The lowest BCUT2D eigenvalue weighted by Crippen LogP contribution is -1.85. The highest BCUT2D eigenvalue weighted by Gasteiger charge is 2.12. The minimum atomic E-state index is -0.491. The van der Waals surface area contributed by atoms with E-state index in [-0.39, 0.29) is 5.02 Å². The van der Waals surface area contributed by atoms with Gasteiger partial charge in [0.1, 0.15) is 0 Å². The van der Waals surface area contributed by atoms with E-state index < -0.39 is 5.82 Å². The largest absolute Gasteiger partial charge is 0.441 e. The number of aromatic nitrogens is 1. The minimum Gasteiger partial charge on any atom is -0.441 e. The van der Waals surface area contributed by atoms with Gasteiger partial charge in [-0.25, -0.2) is 9.37 Å². The molecule has 2 rings (SSSR count). The average Bonchev–Trinajstić information content (AvgIpc) is 2.78. The van der Waals surface area contributed by atoms with Crippen molar-refractivity contribution in [2.24, 2.45) is 0 Å². The second-order valence-electron chi connectivity index (χ2n) is 3.51. The quantitative estimate of drug-likeness (QED) is 0.776. The van der Waals surface area contributed by atoms with Crippen LogP contribution in [0.15, 0.2) is 28.8 Å². The van der Waals surface area contributed by atoms with Gasteiger partial charge in [-0.3, -0.25) is 0 Å². The van der Waals surface area contributed by atoms with Crippen LogP contribution in [0.5, 0.6) is 0 Å². The summed E-state index contributed by atoms with van der Waals surface area (Å²) in [6, 6.07) is 4.76. The number of hydrogen-bond donors (Lipinski definition) is 0. The lowest BCUT2D eigenvalue weighted by molar-refractivity contribution is 0.499. The van der Waals surface area contributed by atoms with Gasteiger partial charge in [-0.15, -0.1) is 11.6 Å². The summed E-state index contributed by atoms with van der Waals surface area (Å²) in [5.74, 6) is 0.993. The monoisotopic (exact) mass is 273 g/mol. The summed E-state index contributed by atoms with van der Waals surface area (Å²) >= 11 is 11.3. The third-order valence-corrected chi connectivity index (χ3v) is 2.85. The maximum atomic E-state index is 13.7. The Bertz CT molecular complexity index is 513. The molecule has 0 fully saturated rings. The van der Waals surface area contributed by atoms with Crippen LogP contribution in [-0.2, 0) is 6.42 Å². The second kappa shape index (κ2) is 5.52. The van der Waals surface area contributed by atoms with Crippen molar-refractivity contribution in [3.05, 3.63) is 41.1 Å². The van der Waals surface area contributed by atoms with E-state index in [1.54, 1.807) is 12.1 Å². The van der Waals surface area contributed by atoms with Gasteiger partial charge in [0, 0.05) is 12.3 Å². The first-order chi connectivity index (χ1) is 8.22. The van der Waals surface area contributed by atoms with Crippen molar-refractivity contribution in [3.63, 3.8) is 0 Å². The zero-order valence-electron chi connectivity index (χ0n) is 8.92. The molecule has 0 aliphatic carbocycles. The number of hydrogen-bond acceptors (Lipinski definition) is 2. The van der Waals surface area contributed by atoms with Gasteiger partial charge in [-0.1, -0.05) is 17.7 Å². The van der Waals surface area contributed by atoms with Gasteiger partial charge < -0.3 is 4.42 Å². The molecule has 5 heteroatoms. The molecule has 1 aromatic heterocycles. The Labute approximate surface area is 108 Å². The first-order valence-corrected chi connectivity index (χ1v) is 6.08. The maximum absolute atomic E-state index is 13.7. The number of benzene rings is 1. The number of rotatable bonds is 4. The molecule has 0 aliphatic heterocycles. The van der Waals surface area contributed by atoms with Gasteiger partial charge in [0.25, 0.3) is 0 Å². The maximum Gasteiger partial charge on any atom is 0.194 e. The van der Waals surface area contributed by atoms with Crippen molar-refractivity contribution in [2.75, 3.05) is 5.88 Å². The molecule has 2 aromatic rings. The Morgan fingerprint density at radius 3 is 2.94 bits per heavy atom. The molecule has 0 spiro atoms. The normalized spacial score (nSPS) is 10.8. The molecule has 0 aliphatic rings. The molecular formula is C12H10Cl2FNO. The predicted molar refractivity (Wildman–Crippen MR) is 65.9 cm³/mol. The molecule has 0 N–H and O–H groups in total. The zero-order valence-corrected chi connectivity index (χ0v) is 10.4. The van der Waals surface area contributed by atoms with Crippen LogP contribution >= 0.6 is 23.2 Å². The van der Waals surface area contributed by atoms with Crippen molar-refractivity contribution >= 4 is 23.2 Å². The Morgan fingerprint density at radius 1 is 1.35 bits per heavy atom. The first-order valence-electron chi connectivity index (χ1n) is 5.17. The molecule has 1 heterocycles. The van der Waals surface area contributed by atoms with Crippen LogP contribution in [0, 0.1) is 5.82 Å². The van der Waals surface area contributed by atoms with E-state index in [0.717, 1.165) is 6.42 Å². The lowest BCUT2D eigenvalue weighted by atomic mass is 10.2. The SMILES string of the molecule is Fc1c(Cl)cccc1-c1cnc(CCCCl)o1. The van der Waals surface area contributed by atoms with E-state index in [9.17, 15) is 4.39 Å². The Morgan fingerprint density at radius 2 is 2.18 bits per heavy atom. The third-order valence-electron chi connectivity index (χ3n) is 2.29. The summed E-state index contributed by atoms with van der Waals surface area (Å²) in [6.45, 7) is 0. The average molecular weight is 274 g/mol. The summed E-state index contributed by atoms with van der Waals surface area (Å²) in [5, 5.41) is 0.0706. The van der Waals surface area contributed by atoms with Crippen molar-refractivity contribution in [3.8, 4) is 11.3 Å². The van der Waals surface area contributed by atoms with Gasteiger partial charge in [-0.05, 0) is 18.6 Å². The highest BCUT2D eigenvalue weighted by Crippen LogP contribution is 2.28. The molecule has 2 nitrogen and oxygen atoms in total. The number of oxazole rings is 1. The minimum absolute atomic E-state index is 0.0706. The highest BCUT2D eigenvalue weighted by molar-refractivity contribution is 6.31. The zero-order chi connectivity index (χ0) is 12.3. The molecule has 0 bridgehead atoms. The lowest BCUT2D eigenvalue weighted by Gasteiger charge is -2.00. The standard InChI is InChI=1S/C12H10Cl2FNO/c13-6-2-5-11-16-7-10(17-11)8-3-1-4-9(14)12(8)15/h1,3-4,7H,2,5-6H2. The van der Waals surface area contributed by atoms with Gasteiger partial charge in [-0.2, -0.15) is 0 Å².